The van der Waals surface area contributed by atoms with E-state index in [1.165, 1.54) is 5.56 Å². The molecule has 2 aliphatic rings. The van der Waals surface area contributed by atoms with Gasteiger partial charge in [-0.15, -0.1) is 0 Å². The van der Waals surface area contributed by atoms with E-state index in [9.17, 15) is 9.59 Å². The van der Waals surface area contributed by atoms with Crippen LogP contribution in [0.3, 0.4) is 0 Å². The molecule has 0 radical (unpaired) electrons. The van der Waals surface area contributed by atoms with E-state index in [1.807, 2.05) is 60.5 Å². The highest BCUT2D eigenvalue weighted by Gasteiger charge is 2.45. The summed E-state index contributed by atoms with van der Waals surface area (Å²) in [6, 6.07) is 17.6. The highest BCUT2D eigenvalue weighted by Crippen LogP contribution is 2.36. The van der Waals surface area contributed by atoms with Crippen LogP contribution in [-0.4, -0.2) is 41.2 Å². The number of rotatable bonds is 2. The van der Waals surface area contributed by atoms with Crippen molar-refractivity contribution in [1.29, 1.82) is 0 Å². The highest BCUT2D eigenvalue weighted by atomic mass is 16.2. The zero-order valence-electron chi connectivity index (χ0n) is 13.7. The summed E-state index contributed by atoms with van der Waals surface area (Å²) in [5.74, 6) is 0.0870. The molecule has 2 aromatic rings. The minimum absolute atomic E-state index is 0.0304. The number of likely N-dealkylation sites (N-methyl/N-ethyl adjacent to an activating group) is 1. The van der Waals surface area contributed by atoms with Crippen molar-refractivity contribution in [3.8, 4) is 0 Å². The zero-order chi connectivity index (χ0) is 16.7. The monoisotopic (exact) mass is 320 g/mol. The second-order valence-electron chi connectivity index (χ2n) is 6.62. The van der Waals surface area contributed by atoms with Crippen molar-refractivity contribution < 1.29 is 9.59 Å². The average molecular weight is 320 g/mol. The van der Waals surface area contributed by atoms with Gasteiger partial charge < -0.3 is 9.80 Å². The Bertz CT molecular complexity index is 787. The van der Waals surface area contributed by atoms with Gasteiger partial charge in [-0.25, -0.2) is 0 Å². The van der Waals surface area contributed by atoms with Gasteiger partial charge in [0.2, 0.25) is 11.8 Å². The van der Waals surface area contributed by atoms with Crippen molar-refractivity contribution >= 4 is 11.8 Å². The third-order valence-electron chi connectivity index (χ3n) is 5.10. The first-order valence-electron chi connectivity index (χ1n) is 8.33. The van der Waals surface area contributed by atoms with Crippen LogP contribution in [0.2, 0.25) is 0 Å². The summed E-state index contributed by atoms with van der Waals surface area (Å²) in [5.41, 5.74) is 3.34. The zero-order valence-corrected chi connectivity index (χ0v) is 13.7. The predicted molar refractivity (Wildman–Crippen MR) is 91.3 cm³/mol. The Labute approximate surface area is 141 Å². The number of amides is 2. The van der Waals surface area contributed by atoms with Crippen LogP contribution in [0.4, 0.5) is 0 Å². The maximum atomic E-state index is 12.8. The lowest BCUT2D eigenvalue weighted by molar-refractivity contribution is -0.155. The molecule has 0 aliphatic carbocycles. The standard InChI is InChI=1S/C20H20N2O2/c1-21-13-18-16-10-6-5-9-15(16)12-19(23)22(18)17(20(21)24)11-14-7-3-2-4-8-14/h2-10,17-18H,11-13H2,1H3/t17-,18?/m0/s1. The molecular formula is C20H20N2O2. The molecule has 2 aliphatic heterocycles. The van der Waals surface area contributed by atoms with Gasteiger partial charge in [0.15, 0.2) is 0 Å². The van der Waals surface area contributed by atoms with Crippen LogP contribution < -0.4 is 0 Å². The molecule has 0 spiro atoms. The van der Waals surface area contributed by atoms with Gasteiger partial charge in [-0.05, 0) is 16.7 Å². The quantitative estimate of drug-likeness (QED) is 0.851. The summed E-state index contributed by atoms with van der Waals surface area (Å²) in [4.78, 5) is 29.2. The van der Waals surface area contributed by atoms with Crippen molar-refractivity contribution in [2.45, 2.75) is 24.9 Å². The van der Waals surface area contributed by atoms with Gasteiger partial charge in [0.25, 0.3) is 0 Å². The SMILES string of the molecule is CN1CC2c3ccccc3CC(=O)N2[C@@H](Cc2ccccc2)C1=O. The summed E-state index contributed by atoms with van der Waals surface area (Å²) >= 11 is 0. The molecule has 0 N–H and O–H groups in total. The Hall–Kier alpha value is -2.62. The first-order chi connectivity index (χ1) is 11.6. The molecule has 4 nitrogen and oxygen atoms in total. The summed E-state index contributed by atoms with van der Waals surface area (Å²) < 4.78 is 0. The molecule has 122 valence electrons. The average Bonchev–Trinajstić information content (AvgIpc) is 2.60. The Balaban J connectivity index is 1.74. The number of hydrogen-bond donors (Lipinski definition) is 0. The van der Waals surface area contributed by atoms with Crippen LogP contribution in [-0.2, 0) is 22.4 Å². The van der Waals surface area contributed by atoms with Gasteiger partial charge in [0.1, 0.15) is 6.04 Å². The van der Waals surface area contributed by atoms with Crippen LogP contribution in [0.15, 0.2) is 54.6 Å². The molecule has 4 rings (SSSR count). The minimum Gasteiger partial charge on any atom is -0.342 e. The van der Waals surface area contributed by atoms with Crippen LogP contribution >= 0.6 is 0 Å². The van der Waals surface area contributed by atoms with Crippen molar-refractivity contribution in [3.63, 3.8) is 0 Å². The Morgan fingerprint density at radius 2 is 1.71 bits per heavy atom. The van der Waals surface area contributed by atoms with E-state index in [0.29, 0.717) is 19.4 Å². The summed E-state index contributed by atoms with van der Waals surface area (Å²) in [5, 5.41) is 0. The van der Waals surface area contributed by atoms with E-state index in [1.54, 1.807) is 4.90 Å². The van der Waals surface area contributed by atoms with Gasteiger partial charge in [-0.1, -0.05) is 54.6 Å². The van der Waals surface area contributed by atoms with Crippen molar-refractivity contribution in [2.24, 2.45) is 0 Å². The first kappa shape index (κ1) is 14.9. The second-order valence-corrected chi connectivity index (χ2v) is 6.62. The molecule has 0 bridgehead atoms. The van der Waals surface area contributed by atoms with Gasteiger partial charge in [-0.3, -0.25) is 9.59 Å². The van der Waals surface area contributed by atoms with Crippen molar-refractivity contribution in [2.75, 3.05) is 13.6 Å². The number of nitrogens with zero attached hydrogens (tertiary/aromatic N) is 2. The lowest BCUT2D eigenvalue weighted by Gasteiger charge is -2.48. The van der Waals surface area contributed by atoms with Gasteiger partial charge in [0, 0.05) is 20.0 Å². The fraction of sp³-hybridized carbons (Fsp3) is 0.300. The summed E-state index contributed by atoms with van der Waals surface area (Å²) in [7, 11) is 1.83. The smallest absolute Gasteiger partial charge is 0.245 e. The number of carbonyl (C=O) groups excluding carboxylic acids is 2. The van der Waals surface area contributed by atoms with E-state index in [2.05, 4.69) is 6.07 Å². The van der Waals surface area contributed by atoms with Crippen LogP contribution in [0.5, 0.6) is 0 Å². The molecule has 24 heavy (non-hydrogen) atoms. The van der Waals surface area contributed by atoms with Gasteiger partial charge in [0.05, 0.1) is 12.5 Å². The first-order valence-corrected chi connectivity index (χ1v) is 8.33. The number of benzene rings is 2. The third-order valence-corrected chi connectivity index (χ3v) is 5.10. The minimum atomic E-state index is -0.419. The van der Waals surface area contributed by atoms with Crippen LogP contribution in [0, 0.1) is 0 Å². The van der Waals surface area contributed by atoms with Crippen LogP contribution in [0.1, 0.15) is 22.7 Å². The van der Waals surface area contributed by atoms with E-state index < -0.39 is 6.04 Å². The van der Waals surface area contributed by atoms with Crippen LogP contribution in [0.25, 0.3) is 0 Å². The molecule has 0 aromatic heterocycles. The van der Waals surface area contributed by atoms with E-state index in [-0.39, 0.29) is 17.9 Å². The lowest BCUT2D eigenvalue weighted by Crippen LogP contribution is -2.61. The number of hydrogen-bond acceptors (Lipinski definition) is 2. The number of piperazine rings is 1. The fourth-order valence-electron chi connectivity index (χ4n) is 3.92. The lowest BCUT2D eigenvalue weighted by atomic mass is 9.87. The summed E-state index contributed by atoms with van der Waals surface area (Å²) in [6.07, 6.45) is 0.948. The Kier molecular flexibility index (Phi) is 3.60. The van der Waals surface area contributed by atoms with E-state index in [0.717, 1.165) is 11.1 Å². The number of fused-ring (bicyclic) bond motifs is 3. The predicted octanol–water partition coefficient (Wildman–Crippen LogP) is 2.20. The van der Waals surface area contributed by atoms with Crippen molar-refractivity contribution in [3.05, 3.63) is 71.3 Å². The molecular weight excluding hydrogens is 300 g/mol. The van der Waals surface area contributed by atoms with Gasteiger partial charge >= 0.3 is 0 Å². The number of carbonyl (C=O) groups is 2. The Morgan fingerprint density at radius 1 is 1.00 bits per heavy atom. The molecule has 1 unspecified atom stereocenters. The fourth-order valence-corrected chi connectivity index (χ4v) is 3.92. The molecule has 0 saturated carbocycles. The van der Waals surface area contributed by atoms with E-state index in [4.69, 9.17) is 0 Å². The largest absolute Gasteiger partial charge is 0.342 e. The second kappa shape index (κ2) is 5.78. The molecule has 2 aromatic carbocycles. The molecule has 1 saturated heterocycles. The third kappa shape index (κ3) is 2.39. The highest BCUT2D eigenvalue weighted by molar-refractivity contribution is 5.91. The molecule has 2 heterocycles. The topological polar surface area (TPSA) is 40.6 Å². The molecule has 2 amide bonds. The van der Waals surface area contributed by atoms with Crippen molar-refractivity contribution in [1.82, 2.24) is 9.80 Å². The molecule has 4 heteroatoms. The maximum absolute atomic E-state index is 12.8. The summed E-state index contributed by atoms with van der Waals surface area (Å²) in [6.45, 7) is 0.562. The van der Waals surface area contributed by atoms with Gasteiger partial charge in [-0.2, -0.15) is 0 Å². The Morgan fingerprint density at radius 3 is 2.50 bits per heavy atom. The maximum Gasteiger partial charge on any atom is 0.245 e. The van der Waals surface area contributed by atoms with E-state index >= 15 is 0 Å². The molecule has 2 atom stereocenters. The molecule has 1 fully saturated rings. The normalized spacial score (nSPS) is 23.0.